The fourth-order valence-corrected chi connectivity index (χ4v) is 3.60. The second kappa shape index (κ2) is 10.1. The number of esters is 1. The number of carboxylic acid groups (broad SMARTS) is 1. The van der Waals surface area contributed by atoms with Crippen molar-refractivity contribution in [3.05, 3.63) is 58.9 Å². The molecule has 0 radical (unpaired) electrons. The maximum absolute atomic E-state index is 13.9. The molecule has 2 aromatic heterocycles. The molecule has 1 saturated heterocycles. The van der Waals surface area contributed by atoms with Crippen molar-refractivity contribution in [3.63, 3.8) is 0 Å². The molecule has 10 nitrogen and oxygen atoms in total. The van der Waals surface area contributed by atoms with Gasteiger partial charge in [-0.25, -0.2) is 33.3 Å². The van der Waals surface area contributed by atoms with Crippen LogP contribution >= 0.6 is 11.6 Å². The highest BCUT2D eigenvalue weighted by Crippen LogP contribution is 2.30. The first-order valence-electron chi connectivity index (χ1n) is 10.2. The maximum Gasteiger partial charge on any atom is 0.407 e. The van der Waals surface area contributed by atoms with E-state index in [2.05, 4.69) is 15.0 Å². The molecular weight excluding hydrogens is 488 g/mol. The lowest BCUT2D eigenvalue weighted by Gasteiger charge is -2.32. The standard InChI is InChI=1S/C22H18ClF2N5O5/c1-34-20(31)13-8-17(12-6-15(23)19(25)16(24)7-12)28-18(9-13)35-14-10-26-21(27-11-14)29-2-4-30(5-3-29)22(32)33/h6-11H,2-5H2,1H3,(H,32,33). The van der Waals surface area contributed by atoms with Crippen molar-refractivity contribution in [2.24, 2.45) is 0 Å². The Morgan fingerprint density at radius 3 is 2.34 bits per heavy atom. The number of benzene rings is 1. The lowest BCUT2D eigenvalue weighted by Crippen LogP contribution is -2.48. The number of halogens is 3. The second-order valence-electron chi connectivity index (χ2n) is 7.40. The molecule has 3 aromatic rings. The first kappa shape index (κ1) is 24.1. The predicted octanol–water partition coefficient (Wildman–Crippen LogP) is 3.85. The molecule has 0 saturated carbocycles. The van der Waals surface area contributed by atoms with Crippen LogP contribution in [0.25, 0.3) is 11.3 Å². The van der Waals surface area contributed by atoms with Gasteiger partial charge in [0.1, 0.15) is 0 Å². The second-order valence-corrected chi connectivity index (χ2v) is 7.81. The zero-order valence-electron chi connectivity index (χ0n) is 18.2. The monoisotopic (exact) mass is 505 g/mol. The lowest BCUT2D eigenvalue weighted by molar-refractivity contribution is 0.0600. The molecule has 13 heteroatoms. The largest absolute Gasteiger partial charge is 0.465 e. The highest BCUT2D eigenvalue weighted by Gasteiger charge is 2.22. The summed E-state index contributed by atoms with van der Waals surface area (Å²) in [7, 11) is 1.19. The number of ether oxygens (including phenoxy) is 2. The molecule has 1 aliphatic rings. The number of aromatic nitrogens is 3. The van der Waals surface area contributed by atoms with Gasteiger partial charge >= 0.3 is 12.1 Å². The lowest BCUT2D eigenvalue weighted by atomic mass is 10.1. The Balaban J connectivity index is 1.57. The van der Waals surface area contributed by atoms with Gasteiger partial charge in [-0.15, -0.1) is 0 Å². The zero-order chi connectivity index (χ0) is 25.1. The quantitative estimate of drug-likeness (QED) is 0.407. The van der Waals surface area contributed by atoms with Gasteiger partial charge in [0.15, 0.2) is 17.4 Å². The Bertz CT molecular complexity index is 1250. The van der Waals surface area contributed by atoms with Crippen molar-refractivity contribution in [2.75, 3.05) is 38.2 Å². The molecule has 35 heavy (non-hydrogen) atoms. The van der Waals surface area contributed by atoms with Gasteiger partial charge in [-0.1, -0.05) is 11.6 Å². The van der Waals surface area contributed by atoms with E-state index in [-0.39, 0.29) is 28.5 Å². The van der Waals surface area contributed by atoms with Crippen molar-refractivity contribution in [1.29, 1.82) is 0 Å². The topological polar surface area (TPSA) is 118 Å². The van der Waals surface area contributed by atoms with Gasteiger partial charge in [0.2, 0.25) is 11.8 Å². The molecule has 3 heterocycles. The van der Waals surface area contributed by atoms with E-state index in [9.17, 15) is 18.4 Å². The highest BCUT2D eigenvalue weighted by molar-refractivity contribution is 6.31. The van der Waals surface area contributed by atoms with Crippen molar-refractivity contribution in [3.8, 4) is 22.9 Å². The Morgan fingerprint density at radius 2 is 1.74 bits per heavy atom. The van der Waals surface area contributed by atoms with Crippen molar-refractivity contribution < 1.29 is 33.0 Å². The molecule has 1 aromatic carbocycles. The Labute approximate surface area is 202 Å². The van der Waals surface area contributed by atoms with E-state index in [1.54, 1.807) is 0 Å². The summed E-state index contributed by atoms with van der Waals surface area (Å²) in [5.74, 6) is -2.52. The van der Waals surface area contributed by atoms with Crippen LogP contribution < -0.4 is 9.64 Å². The van der Waals surface area contributed by atoms with E-state index in [4.69, 9.17) is 26.2 Å². The molecule has 1 N–H and O–H groups in total. The number of hydrogen-bond donors (Lipinski definition) is 1. The van der Waals surface area contributed by atoms with Gasteiger partial charge in [-0.2, -0.15) is 0 Å². The van der Waals surface area contributed by atoms with Crippen molar-refractivity contribution in [1.82, 2.24) is 19.9 Å². The van der Waals surface area contributed by atoms with Crippen LogP contribution in [0.1, 0.15) is 10.4 Å². The van der Waals surface area contributed by atoms with Crippen LogP contribution in [0.5, 0.6) is 11.6 Å². The fourth-order valence-electron chi connectivity index (χ4n) is 3.39. The first-order chi connectivity index (χ1) is 16.7. The predicted molar refractivity (Wildman–Crippen MR) is 120 cm³/mol. The smallest absolute Gasteiger partial charge is 0.407 e. The number of methoxy groups -OCH3 is 1. The molecular formula is C22H18ClF2N5O5. The summed E-state index contributed by atoms with van der Waals surface area (Å²) in [5.41, 5.74) is 0.274. The highest BCUT2D eigenvalue weighted by atomic mass is 35.5. The maximum atomic E-state index is 13.9. The minimum absolute atomic E-state index is 0.0461. The Kier molecular flexibility index (Phi) is 6.92. The van der Waals surface area contributed by atoms with Gasteiger partial charge in [0.25, 0.3) is 0 Å². The minimum atomic E-state index is -1.20. The third-order valence-electron chi connectivity index (χ3n) is 5.17. The van der Waals surface area contributed by atoms with Crippen LogP contribution in [0.3, 0.4) is 0 Å². The van der Waals surface area contributed by atoms with Gasteiger partial charge in [-0.3, -0.25) is 0 Å². The Morgan fingerprint density at radius 1 is 1.06 bits per heavy atom. The zero-order valence-corrected chi connectivity index (χ0v) is 19.0. The summed E-state index contributed by atoms with van der Waals surface area (Å²) < 4.78 is 37.9. The molecule has 1 fully saturated rings. The number of carbonyl (C=O) groups is 2. The summed E-state index contributed by atoms with van der Waals surface area (Å²) >= 11 is 5.75. The Hall–Kier alpha value is -4.06. The van der Waals surface area contributed by atoms with E-state index >= 15 is 0 Å². The number of anilines is 1. The third-order valence-corrected chi connectivity index (χ3v) is 5.45. The first-order valence-corrected chi connectivity index (χ1v) is 10.6. The summed E-state index contributed by atoms with van der Waals surface area (Å²) in [4.78, 5) is 39.1. The number of amides is 1. The molecule has 0 spiro atoms. The summed E-state index contributed by atoms with van der Waals surface area (Å²) in [6.45, 7) is 1.54. The minimum Gasteiger partial charge on any atom is -0.465 e. The van der Waals surface area contributed by atoms with Crippen molar-refractivity contribution >= 4 is 29.6 Å². The van der Waals surface area contributed by atoms with Crippen LogP contribution in [0.15, 0.2) is 36.7 Å². The molecule has 1 aliphatic heterocycles. The number of nitrogens with zero attached hydrogens (tertiary/aromatic N) is 5. The van der Waals surface area contributed by atoms with Gasteiger partial charge < -0.3 is 24.4 Å². The molecule has 0 bridgehead atoms. The summed E-state index contributed by atoms with van der Waals surface area (Å²) in [6.07, 6.45) is 1.82. The normalized spacial score (nSPS) is 13.5. The van der Waals surface area contributed by atoms with E-state index in [0.717, 1.165) is 6.07 Å². The van der Waals surface area contributed by atoms with Gasteiger partial charge in [0, 0.05) is 37.8 Å². The van der Waals surface area contributed by atoms with Gasteiger partial charge in [0.05, 0.1) is 35.8 Å². The summed E-state index contributed by atoms with van der Waals surface area (Å²) in [5, 5.41) is 8.61. The van der Waals surface area contributed by atoms with E-state index in [0.29, 0.717) is 32.1 Å². The average Bonchev–Trinajstić information content (AvgIpc) is 2.86. The van der Waals surface area contributed by atoms with Crippen molar-refractivity contribution in [2.45, 2.75) is 0 Å². The number of pyridine rings is 1. The van der Waals surface area contributed by atoms with Crippen LogP contribution in [-0.4, -0.2) is 70.3 Å². The fraction of sp³-hybridized carbons (Fsp3) is 0.227. The number of hydrogen-bond acceptors (Lipinski definition) is 8. The van der Waals surface area contributed by atoms with Gasteiger partial charge in [-0.05, 0) is 18.2 Å². The van der Waals surface area contributed by atoms with E-state index < -0.39 is 28.7 Å². The van der Waals surface area contributed by atoms with Crippen LogP contribution in [0, 0.1) is 11.6 Å². The van der Waals surface area contributed by atoms with E-state index in [1.165, 1.54) is 42.6 Å². The molecule has 182 valence electrons. The average molecular weight is 506 g/mol. The SMILES string of the molecule is COC(=O)c1cc(Oc2cnc(N3CCN(C(=O)O)CC3)nc2)nc(-c2cc(F)c(F)c(Cl)c2)c1. The van der Waals surface area contributed by atoms with Crippen LogP contribution in [0.4, 0.5) is 19.5 Å². The molecule has 0 aliphatic carbocycles. The van der Waals surface area contributed by atoms with Crippen LogP contribution in [-0.2, 0) is 4.74 Å². The molecule has 0 unspecified atom stereocenters. The molecule has 4 rings (SSSR count). The number of carbonyl (C=O) groups excluding carboxylic acids is 1. The third kappa shape index (κ3) is 5.38. The summed E-state index contributed by atoms with van der Waals surface area (Å²) in [6, 6.07) is 4.72. The molecule has 0 atom stereocenters. The molecule has 1 amide bonds. The van der Waals surface area contributed by atoms with Crippen LogP contribution in [0.2, 0.25) is 5.02 Å². The number of rotatable bonds is 5. The van der Waals surface area contributed by atoms with E-state index in [1.807, 2.05) is 4.90 Å². The number of piperazine rings is 1.